The minimum absolute atomic E-state index is 0.00257. The van der Waals surface area contributed by atoms with Crippen LogP contribution in [0.5, 0.6) is 0 Å². The lowest BCUT2D eigenvalue weighted by atomic mass is 9.72. The number of carbonyl (C=O) groups is 1. The second kappa shape index (κ2) is 13.8. The number of hydrogen-bond acceptors (Lipinski definition) is 10. The van der Waals surface area contributed by atoms with Gasteiger partial charge in [0.05, 0.1) is 50.0 Å². The maximum Gasteiger partial charge on any atom is 0.274 e. The Morgan fingerprint density at radius 1 is 1.04 bits per heavy atom. The van der Waals surface area contributed by atoms with Crippen molar-refractivity contribution in [2.75, 3.05) is 81.4 Å². The molecule has 6 aliphatic rings. The molecule has 1 aromatic heterocycles. The smallest absolute Gasteiger partial charge is 0.274 e. The van der Waals surface area contributed by atoms with E-state index in [2.05, 4.69) is 65.1 Å². The number of rotatable bonds is 7. The predicted molar refractivity (Wildman–Crippen MR) is 200 cm³/mol. The first-order valence-corrected chi connectivity index (χ1v) is 18.4. The third-order valence-corrected chi connectivity index (χ3v) is 11.2. The summed E-state index contributed by atoms with van der Waals surface area (Å²) < 4.78 is 11.4. The monoisotopic (exact) mass is 693 g/mol. The third-order valence-electron chi connectivity index (χ3n) is 11.2. The number of allylic oxidation sites excluding steroid dienone is 5. The van der Waals surface area contributed by atoms with Crippen molar-refractivity contribution in [1.29, 1.82) is 0 Å². The highest BCUT2D eigenvalue weighted by atomic mass is 16.5. The quantitative estimate of drug-likeness (QED) is 0.429. The van der Waals surface area contributed by atoms with E-state index in [0.717, 1.165) is 97.5 Å². The number of benzene rings is 1. The van der Waals surface area contributed by atoms with Crippen LogP contribution in [-0.4, -0.2) is 109 Å². The number of aliphatic hydroxyl groups excluding tert-OH is 1. The van der Waals surface area contributed by atoms with Gasteiger partial charge in [-0.15, -0.1) is 0 Å². The molecule has 0 radical (unpaired) electrons. The molecule has 2 aromatic rings. The third kappa shape index (κ3) is 6.80. The van der Waals surface area contributed by atoms with E-state index in [-0.39, 0.29) is 23.8 Å². The normalized spacial score (nSPS) is 25.5. The van der Waals surface area contributed by atoms with Crippen molar-refractivity contribution < 1.29 is 19.4 Å². The average molecular weight is 694 g/mol. The van der Waals surface area contributed by atoms with Gasteiger partial charge in [0.1, 0.15) is 18.2 Å². The van der Waals surface area contributed by atoms with Gasteiger partial charge >= 0.3 is 0 Å². The maximum absolute atomic E-state index is 14.1. The van der Waals surface area contributed by atoms with Gasteiger partial charge in [0.2, 0.25) is 0 Å². The number of piperazine rings is 2. The summed E-state index contributed by atoms with van der Waals surface area (Å²) in [4.78, 5) is 30.0. The van der Waals surface area contributed by atoms with E-state index in [1.54, 1.807) is 0 Å². The van der Waals surface area contributed by atoms with Crippen molar-refractivity contribution >= 4 is 28.7 Å². The van der Waals surface area contributed by atoms with Crippen LogP contribution in [0.1, 0.15) is 44.7 Å². The van der Waals surface area contributed by atoms with Crippen LogP contribution in [-0.2, 0) is 20.9 Å². The van der Waals surface area contributed by atoms with Crippen molar-refractivity contribution in [2.45, 2.75) is 52.3 Å². The SMILES string of the molecule is C[C@H]1CN(C2COC2)CCN1c1ccc(NC2=CC(c3cccc(N4CCN5C6=CC(C=C5C4=O)CC(C)(C)C6)c3CO)=CN(C)COC2)nc1. The first-order chi connectivity index (χ1) is 24.7. The van der Waals surface area contributed by atoms with E-state index in [1.165, 1.54) is 5.70 Å². The van der Waals surface area contributed by atoms with Crippen molar-refractivity contribution in [3.63, 3.8) is 0 Å². The first kappa shape index (κ1) is 34.0. The van der Waals surface area contributed by atoms with Crippen LogP contribution in [0, 0.1) is 11.3 Å². The Morgan fingerprint density at radius 3 is 2.63 bits per heavy atom. The number of aliphatic hydroxyl groups is 1. The number of pyridine rings is 1. The summed E-state index contributed by atoms with van der Waals surface area (Å²) in [7, 11) is 1.97. The molecule has 8 rings (SSSR count). The Hall–Kier alpha value is -4.16. The zero-order valence-corrected chi connectivity index (χ0v) is 30.3. The number of ether oxygens (including phenoxy) is 2. The van der Waals surface area contributed by atoms with E-state index >= 15 is 0 Å². The largest absolute Gasteiger partial charge is 0.392 e. The van der Waals surface area contributed by atoms with Crippen LogP contribution < -0.4 is 15.1 Å². The molecule has 11 nitrogen and oxygen atoms in total. The lowest BCUT2D eigenvalue weighted by Crippen LogP contribution is -2.59. The number of nitrogens with zero attached hydrogens (tertiary/aromatic N) is 6. The van der Waals surface area contributed by atoms with E-state index < -0.39 is 0 Å². The highest BCUT2D eigenvalue weighted by Gasteiger charge is 2.40. The van der Waals surface area contributed by atoms with Crippen LogP contribution in [0.2, 0.25) is 0 Å². The molecule has 2 atom stereocenters. The van der Waals surface area contributed by atoms with Crippen molar-refractivity contribution in [3.8, 4) is 0 Å². The highest BCUT2D eigenvalue weighted by molar-refractivity contribution is 6.07. The second-order valence-corrected chi connectivity index (χ2v) is 15.7. The van der Waals surface area contributed by atoms with Crippen molar-refractivity contribution in [2.24, 2.45) is 11.3 Å². The summed E-state index contributed by atoms with van der Waals surface area (Å²) in [5.41, 5.74) is 7.51. The number of nitrogens with one attached hydrogen (secondary N) is 1. The molecule has 2 N–H and O–H groups in total. The van der Waals surface area contributed by atoms with E-state index in [4.69, 9.17) is 14.5 Å². The molecular weight excluding hydrogens is 642 g/mol. The molecule has 2 bridgehead atoms. The molecule has 1 unspecified atom stereocenters. The van der Waals surface area contributed by atoms with Gasteiger partial charge in [0, 0.05) is 69.0 Å². The topological polar surface area (TPSA) is 96.9 Å². The Labute approximate surface area is 301 Å². The van der Waals surface area contributed by atoms with E-state index in [9.17, 15) is 9.90 Å². The molecule has 6 heterocycles. The number of fused-ring (bicyclic) bond motifs is 3. The molecule has 0 spiro atoms. The van der Waals surface area contributed by atoms with Crippen molar-refractivity contribution in [1.82, 2.24) is 19.7 Å². The lowest BCUT2D eigenvalue weighted by molar-refractivity contribution is -0.117. The average Bonchev–Trinajstić information content (AvgIpc) is 3.06. The van der Waals surface area contributed by atoms with Gasteiger partial charge in [-0.05, 0) is 72.6 Å². The summed E-state index contributed by atoms with van der Waals surface area (Å²) in [6.45, 7) is 13.5. The fourth-order valence-electron chi connectivity index (χ4n) is 8.68. The summed E-state index contributed by atoms with van der Waals surface area (Å²) in [5.74, 6) is 1.01. The number of hydrogen-bond donors (Lipinski definition) is 2. The molecule has 51 heavy (non-hydrogen) atoms. The van der Waals surface area contributed by atoms with Crippen LogP contribution in [0.15, 0.2) is 78.0 Å². The van der Waals surface area contributed by atoms with Gasteiger partial charge < -0.3 is 39.5 Å². The van der Waals surface area contributed by atoms with Gasteiger partial charge in [-0.2, -0.15) is 0 Å². The van der Waals surface area contributed by atoms with Gasteiger partial charge in [-0.3, -0.25) is 9.69 Å². The van der Waals surface area contributed by atoms with E-state index in [0.29, 0.717) is 32.0 Å². The molecule has 1 amide bonds. The van der Waals surface area contributed by atoms with Crippen LogP contribution in [0.3, 0.4) is 0 Å². The Morgan fingerprint density at radius 2 is 1.88 bits per heavy atom. The molecule has 270 valence electrons. The van der Waals surface area contributed by atoms with Gasteiger partial charge in [-0.1, -0.05) is 32.1 Å². The van der Waals surface area contributed by atoms with Crippen LogP contribution >= 0.6 is 0 Å². The highest BCUT2D eigenvalue weighted by Crippen LogP contribution is 2.45. The molecule has 3 saturated heterocycles. The van der Waals surface area contributed by atoms with Gasteiger partial charge in [-0.25, -0.2) is 4.98 Å². The molecule has 1 aliphatic carbocycles. The fraction of sp³-hybridized carbons (Fsp3) is 0.500. The summed E-state index contributed by atoms with van der Waals surface area (Å²) >= 11 is 0. The zero-order valence-electron chi connectivity index (χ0n) is 30.3. The van der Waals surface area contributed by atoms with E-state index in [1.807, 2.05) is 53.5 Å². The maximum atomic E-state index is 14.1. The molecular formula is C40H51N7O4. The molecule has 11 heteroatoms. The summed E-state index contributed by atoms with van der Waals surface area (Å²) in [5, 5.41) is 14.4. The number of amides is 1. The molecule has 5 aliphatic heterocycles. The number of anilines is 3. The Balaban J connectivity index is 1.02. The summed E-state index contributed by atoms with van der Waals surface area (Å²) in [6, 6.07) is 11.1. The number of carbonyl (C=O) groups excluding carboxylic acids is 1. The molecule has 1 aromatic carbocycles. The second-order valence-electron chi connectivity index (χ2n) is 15.7. The zero-order chi connectivity index (χ0) is 35.3. The minimum Gasteiger partial charge on any atom is -0.392 e. The standard InChI is InChI=1S/C40H51N7O4/c1-27-20-44(33-24-50-25-33)10-11-45(27)31-8-9-38(41-19-31)42-30-16-29(21-43(4)26-51-23-30)34-6-5-7-36(35(34)22-48)47-13-12-46-32-14-28(15-37(46)39(47)49)17-40(2,3)18-32/h5-9,14-16,19,21,27-28,33,48H,10-13,17-18,20,22-26H2,1-4H3,(H,41,42)/t27-,28?/m0/s1. The summed E-state index contributed by atoms with van der Waals surface area (Å²) in [6.07, 6.45) is 12.6. The predicted octanol–water partition coefficient (Wildman–Crippen LogP) is 4.61. The molecule has 3 fully saturated rings. The van der Waals surface area contributed by atoms with Crippen molar-refractivity contribution in [3.05, 3.63) is 89.2 Å². The minimum atomic E-state index is -0.196. The fourth-order valence-corrected chi connectivity index (χ4v) is 8.68. The van der Waals surface area contributed by atoms with Crippen LogP contribution in [0.4, 0.5) is 17.2 Å². The Kier molecular flexibility index (Phi) is 9.16. The Bertz CT molecular complexity index is 1780. The molecule has 0 saturated carbocycles. The lowest BCUT2D eigenvalue weighted by Gasteiger charge is -2.46. The van der Waals surface area contributed by atoms with Gasteiger partial charge in [0.25, 0.3) is 5.91 Å². The van der Waals surface area contributed by atoms with Gasteiger partial charge in [0.15, 0.2) is 0 Å². The van der Waals surface area contributed by atoms with Crippen LogP contribution in [0.25, 0.3) is 5.57 Å². The number of aromatic nitrogens is 1. The first-order valence-electron chi connectivity index (χ1n) is 18.4.